The van der Waals surface area contributed by atoms with E-state index in [-0.39, 0.29) is 27.6 Å². The van der Waals surface area contributed by atoms with Crippen molar-refractivity contribution in [3.05, 3.63) is 54.5 Å². The summed E-state index contributed by atoms with van der Waals surface area (Å²) in [6.45, 7) is 0.162. The van der Waals surface area contributed by atoms with Crippen LogP contribution in [0.3, 0.4) is 0 Å². The van der Waals surface area contributed by atoms with Crippen molar-refractivity contribution in [2.45, 2.75) is 6.54 Å². The third-order valence-electron chi connectivity index (χ3n) is 2.77. The highest BCUT2D eigenvalue weighted by molar-refractivity contribution is 7.15. The first-order valence-electron chi connectivity index (χ1n) is 5.66. The molecule has 0 spiro atoms. The lowest BCUT2D eigenvalue weighted by atomic mass is 10.2. The molecule has 0 N–H and O–H groups in total. The molecule has 0 atom stereocenters. The molecule has 0 unspecified atom stereocenters. The molecule has 106 valence electrons. The van der Waals surface area contributed by atoms with Crippen LogP contribution in [0.2, 0.25) is 4.47 Å². The van der Waals surface area contributed by atoms with Gasteiger partial charge in [0.05, 0.1) is 28.7 Å². The lowest BCUT2D eigenvalue weighted by Crippen LogP contribution is -2.21. The second-order valence-corrected chi connectivity index (χ2v) is 5.73. The predicted molar refractivity (Wildman–Crippen MR) is 76.7 cm³/mol. The number of hydrogen-bond acceptors (Lipinski definition) is 7. The Morgan fingerprint density at radius 3 is 2.86 bits per heavy atom. The van der Waals surface area contributed by atoms with Crippen molar-refractivity contribution in [3.8, 4) is 0 Å². The van der Waals surface area contributed by atoms with Crippen molar-refractivity contribution in [1.82, 2.24) is 19.7 Å². The Balaban J connectivity index is 2.10. The lowest BCUT2D eigenvalue weighted by molar-refractivity contribution is -0.384. The third kappa shape index (κ3) is 2.60. The molecule has 0 radical (unpaired) electrons. The smallest absolute Gasteiger partial charge is 0.270 e. The standard InChI is InChI=1S/C11H6ClN5O3S/c12-11-15-14-9(21-11)4-16-5-13-8-2-1-6(17(19)20)3-7(8)10(16)18/h1-3,5H,4H2. The van der Waals surface area contributed by atoms with Gasteiger partial charge in [0, 0.05) is 12.1 Å². The lowest BCUT2D eigenvalue weighted by Gasteiger charge is -2.03. The van der Waals surface area contributed by atoms with E-state index in [1.54, 1.807) is 0 Å². The first-order valence-corrected chi connectivity index (χ1v) is 6.85. The van der Waals surface area contributed by atoms with Gasteiger partial charge in [-0.3, -0.25) is 19.5 Å². The fourth-order valence-corrected chi connectivity index (χ4v) is 2.68. The van der Waals surface area contributed by atoms with Crippen molar-refractivity contribution < 1.29 is 4.92 Å². The molecular formula is C11H6ClN5O3S. The molecule has 0 aliphatic heterocycles. The molecule has 8 nitrogen and oxygen atoms in total. The molecule has 10 heteroatoms. The van der Waals surface area contributed by atoms with Gasteiger partial charge in [-0.15, -0.1) is 10.2 Å². The second-order valence-electron chi connectivity index (χ2n) is 4.08. The Kier molecular flexibility index (Phi) is 3.35. The minimum Gasteiger partial charge on any atom is -0.292 e. The topological polar surface area (TPSA) is 104 Å². The van der Waals surface area contributed by atoms with Gasteiger partial charge < -0.3 is 0 Å². The average molecular weight is 324 g/mol. The number of nitro groups is 1. The normalized spacial score (nSPS) is 10.9. The van der Waals surface area contributed by atoms with Crippen molar-refractivity contribution in [2.24, 2.45) is 0 Å². The number of rotatable bonds is 3. The van der Waals surface area contributed by atoms with Gasteiger partial charge in [0.1, 0.15) is 5.01 Å². The van der Waals surface area contributed by atoms with Crippen molar-refractivity contribution in [3.63, 3.8) is 0 Å². The van der Waals surface area contributed by atoms with E-state index in [2.05, 4.69) is 15.2 Å². The Hall–Kier alpha value is -2.39. The van der Waals surface area contributed by atoms with Crippen LogP contribution in [-0.2, 0) is 6.54 Å². The summed E-state index contributed by atoms with van der Waals surface area (Å²) in [6.07, 6.45) is 1.37. The number of halogens is 1. The number of fused-ring (bicyclic) bond motifs is 1. The van der Waals surface area contributed by atoms with Gasteiger partial charge in [-0.25, -0.2) is 4.98 Å². The third-order valence-corrected chi connectivity index (χ3v) is 3.77. The van der Waals surface area contributed by atoms with E-state index in [0.717, 1.165) is 11.3 Å². The van der Waals surface area contributed by atoms with Crippen LogP contribution in [0.5, 0.6) is 0 Å². The molecule has 21 heavy (non-hydrogen) atoms. The van der Waals surface area contributed by atoms with Gasteiger partial charge in [0.15, 0.2) is 0 Å². The maximum Gasteiger partial charge on any atom is 0.270 e. The zero-order valence-electron chi connectivity index (χ0n) is 10.3. The molecule has 0 saturated heterocycles. The van der Waals surface area contributed by atoms with Crippen LogP contribution in [0.15, 0.2) is 29.3 Å². The van der Waals surface area contributed by atoms with Gasteiger partial charge in [0.25, 0.3) is 11.2 Å². The molecule has 0 fully saturated rings. The minimum atomic E-state index is -0.555. The molecular weight excluding hydrogens is 318 g/mol. The predicted octanol–water partition coefficient (Wildman–Crippen LogP) is 1.86. The van der Waals surface area contributed by atoms with Gasteiger partial charge in [-0.2, -0.15) is 0 Å². The van der Waals surface area contributed by atoms with E-state index in [9.17, 15) is 14.9 Å². The van der Waals surface area contributed by atoms with Gasteiger partial charge in [0.2, 0.25) is 4.47 Å². The fourth-order valence-electron chi connectivity index (χ4n) is 1.82. The van der Waals surface area contributed by atoms with Crippen LogP contribution < -0.4 is 5.56 Å². The summed E-state index contributed by atoms with van der Waals surface area (Å²) in [5, 5.41) is 19.0. The highest BCUT2D eigenvalue weighted by Crippen LogP contribution is 2.18. The van der Waals surface area contributed by atoms with Gasteiger partial charge in [-0.05, 0) is 17.7 Å². The van der Waals surface area contributed by atoms with Crippen molar-refractivity contribution in [1.29, 1.82) is 0 Å². The number of aromatic nitrogens is 4. The number of benzene rings is 1. The summed E-state index contributed by atoms with van der Waals surface area (Å²) in [4.78, 5) is 26.7. The van der Waals surface area contributed by atoms with E-state index >= 15 is 0 Å². The van der Waals surface area contributed by atoms with Crippen LogP contribution in [-0.4, -0.2) is 24.7 Å². The van der Waals surface area contributed by atoms with E-state index in [1.165, 1.54) is 29.1 Å². The molecule has 3 aromatic rings. The average Bonchev–Trinajstić information content (AvgIpc) is 2.87. The maximum atomic E-state index is 12.3. The van der Waals surface area contributed by atoms with E-state index in [4.69, 9.17) is 11.6 Å². The Morgan fingerprint density at radius 2 is 2.19 bits per heavy atom. The van der Waals surface area contributed by atoms with Crippen molar-refractivity contribution in [2.75, 3.05) is 0 Å². The number of nitrogens with zero attached hydrogens (tertiary/aromatic N) is 5. The Morgan fingerprint density at radius 1 is 1.38 bits per heavy atom. The molecule has 0 saturated carbocycles. The van der Waals surface area contributed by atoms with Crippen LogP contribution >= 0.6 is 22.9 Å². The molecule has 2 heterocycles. The summed E-state index contributed by atoms with van der Waals surface area (Å²) >= 11 is 6.84. The van der Waals surface area contributed by atoms with E-state index < -0.39 is 4.92 Å². The summed E-state index contributed by atoms with van der Waals surface area (Å²) in [6, 6.07) is 3.97. The summed E-state index contributed by atoms with van der Waals surface area (Å²) in [7, 11) is 0. The monoisotopic (exact) mass is 323 g/mol. The first kappa shape index (κ1) is 13.6. The quantitative estimate of drug-likeness (QED) is 0.538. The molecule has 3 rings (SSSR count). The SMILES string of the molecule is O=c1c2cc([N+](=O)[O-])ccc2ncn1Cc1nnc(Cl)s1. The molecule has 0 amide bonds. The van der Waals surface area contributed by atoms with Crippen LogP contribution in [0, 0.1) is 10.1 Å². The summed E-state index contributed by atoms with van der Waals surface area (Å²) in [5.41, 5.74) is -0.134. The zero-order chi connectivity index (χ0) is 15.0. The van der Waals surface area contributed by atoms with Crippen LogP contribution in [0.1, 0.15) is 5.01 Å². The fraction of sp³-hybridized carbons (Fsp3) is 0.0909. The Bertz CT molecular complexity index is 906. The summed E-state index contributed by atoms with van der Waals surface area (Å²) in [5.74, 6) is 0. The molecule has 2 aromatic heterocycles. The molecule has 0 bridgehead atoms. The summed E-state index contributed by atoms with van der Waals surface area (Å²) < 4.78 is 1.59. The van der Waals surface area contributed by atoms with Crippen molar-refractivity contribution >= 4 is 39.5 Å². The molecule has 0 aliphatic carbocycles. The van der Waals surface area contributed by atoms with E-state index in [0.29, 0.717) is 10.5 Å². The van der Waals surface area contributed by atoms with Crippen LogP contribution in [0.4, 0.5) is 5.69 Å². The second kappa shape index (κ2) is 5.19. The zero-order valence-corrected chi connectivity index (χ0v) is 11.8. The molecule has 1 aromatic carbocycles. The number of hydrogen-bond donors (Lipinski definition) is 0. The largest absolute Gasteiger partial charge is 0.292 e. The Labute approximate surface area is 125 Å². The highest BCUT2D eigenvalue weighted by Gasteiger charge is 2.12. The number of non-ortho nitro benzene ring substituents is 1. The highest BCUT2D eigenvalue weighted by atomic mass is 35.5. The first-order chi connectivity index (χ1) is 10.0. The number of nitro benzene ring substituents is 1. The van der Waals surface area contributed by atoms with Gasteiger partial charge >= 0.3 is 0 Å². The van der Waals surface area contributed by atoms with E-state index in [1.807, 2.05) is 0 Å². The molecule has 0 aliphatic rings. The minimum absolute atomic E-state index is 0.155. The van der Waals surface area contributed by atoms with Gasteiger partial charge in [-0.1, -0.05) is 11.3 Å². The maximum absolute atomic E-state index is 12.3. The van der Waals surface area contributed by atoms with Crippen LogP contribution in [0.25, 0.3) is 10.9 Å².